The van der Waals surface area contributed by atoms with Gasteiger partial charge in [0.25, 0.3) is 0 Å². The summed E-state index contributed by atoms with van der Waals surface area (Å²) in [5.74, 6) is 0.273. The highest BCUT2D eigenvalue weighted by molar-refractivity contribution is 7.71. The van der Waals surface area contributed by atoms with Gasteiger partial charge in [-0.15, -0.1) is 5.10 Å². The van der Waals surface area contributed by atoms with Crippen LogP contribution in [0, 0.1) is 16.1 Å². The van der Waals surface area contributed by atoms with E-state index in [0.717, 1.165) is 5.69 Å². The Kier molecular flexibility index (Phi) is 2.23. The zero-order valence-electron chi connectivity index (χ0n) is 7.64. The van der Waals surface area contributed by atoms with Gasteiger partial charge in [0.15, 0.2) is 0 Å². The maximum Gasteiger partial charge on any atom is 0.225 e. The lowest BCUT2D eigenvalue weighted by Gasteiger charge is -2.02. The maximum absolute atomic E-state index is 8.76. The number of nitrogens with zero attached hydrogens (tertiary/aromatic N) is 3. The van der Waals surface area contributed by atoms with Gasteiger partial charge in [-0.05, 0) is 30.4 Å². The molecule has 74 valence electrons. The molecule has 1 aromatic heterocycles. The molecule has 0 fully saturated rings. The van der Waals surface area contributed by atoms with E-state index >= 15 is 0 Å². The minimum absolute atomic E-state index is 0.273. The van der Waals surface area contributed by atoms with E-state index in [1.807, 2.05) is 12.1 Å². The summed E-state index contributed by atoms with van der Waals surface area (Å²) in [5.41, 5.74) is 6.91. The number of aromatic amines is 1. The van der Waals surface area contributed by atoms with E-state index in [1.165, 1.54) is 0 Å². The van der Waals surface area contributed by atoms with Gasteiger partial charge >= 0.3 is 0 Å². The van der Waals surface area contributed by atoms with Gasteiger partial charge in [0, 0.05) is 0 Å². The van der Waals surface area contributed by atoms with E-state index in [4.69, 9.17) is 23.2 Å². The Morgan fingerprint density at radius 3 is 2.93 bits per heavy atom. The number of rotatable bonds is 1. The van der Waals surface area contributed by atoms with Crippen LogP contribution in [-0.2, 0) is 0 Å². The topological polar surface area (TPSA) is 83.4 Å². The van der Waals surface area contributed by atoms with E-state index in [1.54, 1.807) is 22.8 Å². The molecule has 5 nitrogen and oxygen atoms in total. The lowest BCUT2D eigenvalue weighted by atomic mass is 10.2. The van der Waals surface area contributed by atoms with Gasteiger partial charge in [-0.1, -0.05) is 6.07 Å². The van der Waals surface area contributed by atoms with Crippen LogP contribution in [0.4, 0.5) is 5.95 Å². The number of nitrogens with one attached hydrogen (secondary N) is 1. The number of nitrogens with two attached hydrogens (primary N) is 1. The average molecular weight is 217 g/mol. The van der Waals surface area contributed by atoms with E-state index in [0.29, 0.717) is 10.3 Å². The molecule has 0 amide bonds. The third-order valence-electron chi connectivity index (χ3n) is 1.93. The first-order valence-electron chi connectivity index (χ1n) is 4.16. The Labute approximate surface area is 90.8 Å². The number of nitriles is 1. The first-order chi connectivity index (χ1) is 7.22. The van der Waals surface area contributed by atoms with Crippen LogP contribution in [0.2, 0.25) is 0 Å². The molecule has 0 atom stereocenters. The molecule has 0 saturated carbocycles. The van der Waals surface area contributed by atoms with Gasteiger partial charge in [0.05, 0.1) is 17.3 Å². The number of anilines is 1. The first kappa shape index (κ1) is 9.43. The summed E-state index contributed by atoms with van der Waals surface area (Å²) in [4.78, 5) is 0. The summed E-state index contributed by atoms with van der Waals surface area (Å²) < 4.78 is 1.97. The molecule has 1 heterocycles. The van der Waals surface area contributed by atoms with Crippen molar-refractivity contribution >= 4 is 18.2 Å². The smallest absolute Gasteiger partial charge is 0.225 e. The van der Waals surface area contributed by atoms with Crippen LogP contribution in [-0.4, -0.2) is 14.8 Å². The van der Waals surface area contributed by atoms with Crippen LogP contribution in [0.5, 0.6) is 0 Å². The maximum atomic E-state index is 8.76. The summed E-state index contributed by atoms with van der Waals surface area (Å²) in [5, 5.41) is 15.1. The molecule has 0 aliphatic carbocycles. The highest BCUT2D eigenvalue weighted by Gasteiger charge is 2.04. The van der Waals surface area contributed by atoms with Crippen LogP contribution in [0.3, 0.4) is 0 Å². The average Bonchev–Trinajstić information content (AvgIpc) is 2.59. The molecule has 2 rings (SSSR count). The Morgan fingerprint density at radius 2 is 2.33 bits per heavy atom. The van der Waals surface area contributed by atoms with Gasteiger partial charge in [0.1, 0.15) is 0 Å². The number of H-pyrrole nitrogens is 1. The van der Waals surface area contributed by atoms with Crippen molar-refractivity contribution < 1.29 is 0 Å². The number of hydrogen-bond donors (Lipinski definition) is 2. The monoisotopic (exact) mass is 217 g/mol. The lowest BCUT2D eigenvalue weighted by Crippen LogP contribution is -2.00. The SMILES string of the molecule is N#Cc1cccc(-n2c(N)n[nH]c2=S)c1. The Hall–Kier alpha value is -2.13. The van der Waals surface area contributed by atoms with Crippen molar-refractivity contribution in [1.82, 2.24) is 14.8 Å². The fourth-order valence-corrected chi connectivity index (χ4v) is 1.52. The third kappa shape index (κ3) is 1.60. The zero-order valence-corrected chi connectivity index (χ0v) is 8.45. The molecule has 6 heteroatoms. The van der Waals surface area contributed by atoms with Gasteiger partial charge in [-0.3, -0.25) is 4.57 Å². The molecule has 15 heavy (non-hydrogen) atoms. The molecule has 0 spiro atoms. The van der Waals surface area contributed by atoms with Gasteiger partial charge < -0.3 is 5.73 Å². The predicted molar refractivity (Wildman–Crippen MR) is 57.9 cm³/mol. The van der Waals surface area contributed by atoms with E-state index in [9.17, 15) is 0 Å². The summed E-state index contributed by atoms with van der Waals surface area (Å²) in [6.07, 6.45) is 0. The largest absolute Gasteiger partial charge is 0.368 e. The predicted octanol–water partition coefficient (Wildman–Crippen LogP) is 1.38. The van der Waals surface area contributed by atoms with Crippen LogP contribution < -0.4 is 5.73 Å². The van der Waals surface area contributed by atoms with E-state index in [-0.39, 0.29) is 5.95 Å². The van der Waals surface area contributed by atoms with Crippen LogP contribution >= 0.6 is 12.2 Å². The number of hydrogen-bond acceptors (Lipinski definition) is 4. The first-order valence-corrected chi connectivity index (χ1v) is 4.56. The molecular weight excluding hydrogens is 210 g/mol. The quantitative estimate of drug-likeness (QED) is 0.707. The molecule has 0 aliphatic heterocycles. The fourth-order valence-electron chi connectivity index (χ4n) is 1.27. The zero-order chi connectivity index (χ0) is 10.8. The molecule has 2 aromatic rings. The normalized spacial score (nSPS) is 9.80. The molecule has 0 aliphatic rings. The molecule has 0 saturated heterocycles. The Morgan fingerprint density at radius 1 is 1.53 bits per heavy atom. The lowest BCUT2D eigenvalue weighted by molar-refractivity contribution is 1.04. The van der Waals surface area contributed by atoms with Crippen molar-refractivity contribution in [2.45, 2.75) is 0 Å². The van der Waals surface area contributed by atoms with Crippen molar-refractivity contribution in [2.75, 3.05) is 5.73 Å². The molecule has 0 bridgehead atoms. The summed E-state index contributed by atoms with van der Waals surface area (Å²) in [7, 11) is 0. The third-order valence-corrected chi connectivity index (χ3v) is 2.21. The highest BCUT2D eigenvalue weighted by atomic mass is 32.1. The Bertz CT molecular complexity index is 589. The summed E-state index contributed by atoms with van der Waals surface area (Å²) in [6.45, 7) is 0. The second-order valence-corrected chi connectivity index (χ2v) is 3.27. The summed E-state index contributed by atoms with van der Waals surface area (Å²) in [6, 6.07) is 9.03. The molecule has 1 aromatic carbocycles. The van der Waals surface area contributed by atoms with Crippen LogP contribution in [0.15, 0.2) is 24.3 Å². The number of aromatic nitrogens is 3. The van der Waals surface area contributed by atoms with Crippen molar-refractivity contribution in [2.24, 2.45) is 0 Å². The van der Waals surface area contributed by atoms with Gasteiger partial charge in [-0.2, -0.15) is 5.26 Å². The van der Waals surface area contributed by atoms with Crippen molar-refractivity contribution in [3.63, 3.8) is 0 Å². The van der Waals surface area contributed by atoms with E-state index in [2.05, 4.69) is 10.2 Å². The van der Waals surface area contributed by atoms with Crippen LogP contribution in [0.25, 0.3) is 5.69 Å². The molecule has 0 unspecified atom stereocenters. The molecule has 0 radical (unpaired) electrons. The highest BCUT2D eigenvalue weighted by Crippen LogP contribution is 2.13. The number of nitrogen functional groups attached to an aromatic ring is 1. The van der Waals surface area contributed by atoms with Gasteiger partial charge in [-0.25, -0.2) is 5.10 Å². The molecule has 3 N–H and O–H groups in total. The minimum atomic E-state index is 0.273. The van der Waals surface area contributed by atoms with Crippen molar-refractivity contribution in [3.8, 4) is 11.8 Å². The van der Waals surface area contributed by atoms with Gasteiger partial charge in [0.2, 0.25) is 10.7 Å². The van der Waals surface area contributed by atoms with Crippen LogP contribution in [0.1, 0.15) is 5.56 Å². The Balaban J connectivity index is 2.65. The second-order valence-electron chi connectivity index (χ2n) is 2.88. The molecular formula is C9H7N5S. The number of benzene rings is 1. The fraction of sp³-hybridized carbons (Fsp3) is 0. The standard InChI is InChI=1S/C9H7N5S/c10-5-6-2-1-3-7(4-6)14-8(11)12-13-9(14)15/h1-4H,(H2,11,12)(H,13,15). The van der Waals surface area contributed by atoms with Crippen molar-refractivity contribution in [1.29, 1.82) is 5.26 Å². The minimum Gasteiger partial charge on any atom is -0.368 e. The summed E-state index contributed by atoms with van der Waals surface area (Å²) >= 11 is 5.02. The van der Waals surface area contributed by atoms with Crippen molar-refractivity contribution in [3.05, 3.63) is 34.6 Å². The second kappa shape index (κ2) is 3.55. The van der Waals surface area contributed by atoms with E-state index < -0.39 is 0 Å².